The highest BCUT2D eigenvalue weighted by molar-refractivity contribution is 4.66. The summed E-state index contributed by atoms with van der Waals surface area (Å²) in [6, 6.07) is 0. The Morgan fingerprint density at radius 2 is 2.50 bits per heavy atom. The van der Waals surface area contributed by atoms with Crippen molar-refractivity contribution < 1.29 is 9.13 Å². The van der Waals surface area contributed by atoms with Gasteiger partial charge in [0.2, 0.25) is 0 Å². The molecule has 1 fully saturated rings. The molecule has 1 rings (SSSR count). The first kappa shape index (κ1) is 7.95. The van der Waals surface area contributed by atoms with E-state index < -0.39 is 0 Å². The van der Waals surface area contributed by atoms with Crippen LogP contribution >= 0.6 is 0 Å². The van der Waals surface area contributed by atoms with Gasteiger partial charge in [-0.3, -0.25) is 0 Å². The number of nitrogens with one attached hydrogen (secondary N) is 1. The Labute approximate surface area is 60.8 Å². The molecular weight excluding hydrogens is 133 g/mol. The molecule has 3 heteroatoms. The Bertz CT molecular complexity index is 83.7. The number of ether oxygens (including phenoxy) is 1. The monoisotopic (exact) mass is 147 g/mol. The zero-order chi connectivity index (χ0) is 7.23. The van der Waals surface area contributed by atoms with Gasteiger partial charge in [-0.1, -0.05) is 0 Å². The van der Waals surface area contributed by atoms with Crippen molar-refractivity contribution in [1.82, 2.24) is 5.32 Å². The summed E-state index contributed by atoms with van der Waals surface area (Å²) in [4.78, 5) is 0. The van der Waals surface area contributed by atoms with Gasteiger partial charge in [-0.25, -0.2) is 4.39 Å². The molecule has 1 unspecified atom stereocenters. The lowest BCUT2D eigenvalue weighted by Crippen LogP contribution is -2.27. The molecule has 2 nitrogen and oxygen atoms in total. The van der Waals surface area contributed by atoms with Crippen LogP contribution in [0, 0.1) is 0 Å². The molecule has 1 heterocycles. The molecule has 0 aliphatic carbocycles. The Balaban J connectivity index is 1.91. The second kappa shape index (κ2) is 4.63. The molecule has 0 bridgehead atoms. The highest BCUT2D eigenvalue weighted by Gasteiger charge is 2.13. The largest absolute Gasteiger partial charge is 0.377 e. The minimum absolute atomic E-state index is 0.285. The average molecular weight is 147 g/mol. The maximum Gasteiger partial charge on any atom is 0.102 e. The summed E-state index contributed by atoms with van der Waals surface area (Å²) in [5, 5.41) is 2.98. The third-order valence-electron chi connectivity index (χ3n) is 1.67. The first-order valence-electron chi connectivity index (χ1n) is 3.82. The quantitative estimate of drug-likeness (QED) is 0.592. The lowest BCUT2D eigenvalue weighted by atomic mass is 10.2. The third-order valence-corrected chi connectivity index (χ3v) is 1.67. The van der Waals surface area contributed by atoms with Gasteiger partial charge in [-0.05, 0) is 12.8 Å². The minimum atomic E-state index is -0.285. The van der Waals surface area contributed by atoms with E-state index in [1.54, 1.807) is 0 Å². The number of hydrogen-bond donors (Lipinski definition) is 1. The van der Waals surface area contributed by atoms with E-state index >= 15 is 0 Å². The minimum Gasteiger partial charge on any atom is -0.377 e. The van der Waals surface area contributed by atoms with Gasteiger partial charge in [-0.15, -0.1) is 0 Å². The van der Waals surface area contributed by atoms with Crippen molar-refractivity contribution in [3.05, 3.63) is 0 Å². The highest BCUT2D eigenvalue weighted by atomic mass is 19.1. The molecule has 0 saturated carbocycles. The molecule has 1 aliphatic rings. The summed E-state index contributed by atoms with van der Waals surface area (Å²) < 4.78 is 16.9. The molecule has 10 heavy (non-hydrogen) atoms. The van der Waals surface area contributed by atoms with E-state index in [9.17, 15) is 4.39 Å². The molecule has 1 atom stereocenters. The molecule has 0 spiro atoms. The highest BCUT2D eigenvalue weighted by Crippen LogP contribution is 2.10. The summed E-state index contributed by atoms with van der Waals surface area (Å²) in [5.41, 5.74) is 0. The second-order valence-corrected chi connectivity index (χ2v) is 2.53. The number of alkyl halides is 1. The van der Waals surface area contributed by atoms with Crippen molar-refractivity contribution in [1.29, 1.82) is 0 Å². The van der Waals surface area contributed by atoms with Crippen LogP contribution in [0.4, 0.5) is 4.39 Å². The van der Waals surface area contributed by atoms with Crippen LogP contribution in [0.15, 0.2) is 0 Å². The molecule has 0 aromatic rings. The Morgan fingerprint density at radius 1 is 1.60 bits per heavy atom. The maximum absolute atomic E-state index is 11.6. The van der Waals surface area contributed by atoms with Gasteiger partial charge in [0.25, 0.3) is 0 Å². The van der Waals surface area contributed by atoms with E-state index in [1.807, 2.05) is 0 Å². The van der Waals surface area contributed by atoms with Gasteiger partial charge >= 0.3 is 0 Å². The SMILES string of the molecule is FCCNCC1CCCO1. The zero-order valence-corrected chi connectivity index (χ0v) is 6.11. The number of halogens is 1. The summed E-state index contributed by atoms with van der Waals surface area (Å²) in [7, 11) is 0. The van der Waals surface area contributed by atoms with Crippen LogP contribution in [0.25, 0.3) is 0 Å². The first-order valence-corrected chi connectivity index (χ1v) is 3.82. The summed E-state index contributed by atoms with van der Waals surface area (Å²) >= 11 is 0. The van der Waals surface area contributed by atoms with Gasteiger partial charge in [0, 0.05) is 19.7 Å². The van der Waals surface area contributed by atoms with Gasteiger partial charge in [0.1, 0.15) is 6.67 Å². The van der Waals surface area contributed by atoms with E-state index in [1.165, 1.54) is 0 Å². The van der Waals surface area contributed by atoms with Gasteiger partial charge in [0.15, 0.2) is 0 Å². The van der Waals surface area contributed by atoms with Crippen LogP contribution in [-0.4, -0.2) is 32.5 Å². The summed E-state index contributed by atoms with van der Waals surface area (Å²) in [5.74, 6) is 0. The van der Waals surface area contributed by atoms with E-state index in [-0.39, 0.29) is 6.67 Å². The molecule has 1 N–H and O–H groups in total. The maximum atomic E-state index is 11.6. The number of rotatable bonds is 4. The van der Waals surface area contributed by atoms with Crippen LogP contribution in [-0.2, 0) is 4.74 Å². The van der Waals surface area contributed by atoms with Crippen LogP contribution in [0.5, 0.6) is 0 Å². The molecule has 1 aliphatic heterocycles. The van der Waals surface area contributed by atoms with Gasteiger partial charge < -0.3 is 10.1 Å². The standard InChI is InChI=1S/C7H14FNO/c8-3-4-9-6-7-2-1-5-10-7/h7,9H,1-6H2. The van der Waals surface area contributed by atoms with Crippen molar-refractivity contribution in [3.8, 4) is 0 Å². The molecule has 0 aromatic heterocycles. The van der Waals surface area contributed by atoms with E-state index in [0.717, 1.165) is 26.0 Å². The predicted molar refractivity (Wildman–Crippen MR) is 37.8 cm³/mol. The summed E-state index contributed by atoms with van der Waals surface area (Å²) in [6.07, 6.45) is 2.62. The molecule has 0 aromatic carbocycles. The molecular formula is C7H14FNO. The van der Waals surface area contributed by atoms with E-state index in [4.69, 9.17) is 4.74 Å². The van der Waals surface area contributed by atoms with Crippen molar-refractivity contribution in [2.45, 2.75) is 18.9 Å². The summed E-state index contributed by atoms with van der Waals surface area (Å²) in [6.45, 7) is 1.86. The fourth-order valence-electron chi connectivity index (χ4n) is 1.14. The fourth-order valence-corrected chi connectivity index (χ4v) is 1.14. The van der Waals surface area contributed by atoms with Crippen molar-refractivity contribution in [2.24, 2.45) is 0 Å². The lowest BCUT2D eigenvalue weighted by Gasteiger charge is -2.08. The first-order chi connectivity index (χ1) is 4.93. The molecule has 60 valence electrons. The third kappa shape index (κ3) is 2.62. The number of hydrogen-bond acceptors (Lipinski definition) is 2. The average Bonchev–Trinajstić information content (AvgIpc) is 2.41. The van der Waals surface area contributed by atoms with Gasteiger partial charge in [0.05, 0.1) is 6.10 Å². The second-order valence-electron chi connectivity index (χ2n) is 2.53. The van der Waals surface area contributed by atoms with Crippen molar-refractivity contribution >= 4 is 0 Å². The molecule has 1 saturated heterocycles. The Kier molecular flexibility index (Phi) is 3.68. The Hall–Kier alpha value is -0.150. The lowest BCUT2D eigenvalue weighted by molar-refractivity contribution is 0.110. The fraction of sp³-hybridized carbons (Fsp3) is 1.00. The van der Waals surface area contributed by atoms with Crippen LogP contribution in [0.1, 0.15) is 12.8 Å². The van der Waals surface area contributed by atoms with E-state index in [0.29, 0.717) is 12.6 Å². The van der Waals surface area contributed by atoms with Crippen molar-refractivity contribution in [3.63, 3.8) is 0 Å². The predicted octanol–water partition coefficient (Wildman–Crippen LogP) is 0.724. The van der Waals surface area contributed by atoms with Crippen LogP contribution in [0.3, 0.4) is 0 Å². The topological polar surface area (TPSA) is 21.3 Å². The molecule has 0 radical (unpaired) electrons. The smallest absolute Gasteiger partial charge is 0.102 e. The normalized spacial score (nSPS) is 25.5. The molecule has 0 amide bonds. The van der Waals surface area contributed by atoms with Crippen LogP contribution in [0.2, 0.25) is 0 Å². The van der Waals surface area contributed by atoms with E-state index in [2.05, 4.69) is 5.32 Å². The van der Waals surface area contributed by atoms with Crippen molar-refractivity contribution in [2.75, 3.05) is 26.4 Å². The zero-order valence-electron chi connectivity index (χ0n) is 6.11. The Morgan fingerprint density at radius 3 is 3.10 bits per heavy atom. The van der Waals surface area contributed by atoms with Crippen LogP contribution < -0.4 is 5.32 Å². The van der Waals surface area contributed by atoms with Gasteiger partial charge in [-0.2, -0.15) is 0 Å².